The highest BCUT2D eigenvalue weighted by molar-refractivity contribution is 5.97. The molecule has 9 heteroatoms. The van der Waals surface area contributed by atoms with E-state index in [2.05, 4.69) is 16.0 Å². The van der Waals surface area contributed by atoms with Crippen LogP contribution in [0.5, 0.6) is 0 Å². The van der Waals surface area contributed by atoms with Gasteiger partial charge in [0.05, 0.1) is 12.1 Å². The van der Waals surface area contributed by atoms with E-state index in [-0.39, 0.29) is 19.5 Å². The molecule has 2 fully saturated rings. The molecule has 0 saturated carbocycles. The number of halogens is 3. The maximum Gasteiger partial charge on any atom is 0.315 e. The number of carbonyl (C=O) groups excluding carboxylic acids is 2. The van der Waals surface area contributed by atoms with Crippen molar-refractivity contribution in [2.24, 2.45) is 0 Å². The Morgan fingerprint density at radius 1 is 1.21 bits per heavy atom. The molecule has 2 saturated heterocycles. The van der Waals surface area contributed by atoms with Crippen LogP contribution in [0.4, 0.5) is 23.7 Å². The topological polar surface area (TPSA) is 73.5 Å². The Morgan fingerprint density at radius 2 is 1.92 bits per heavy atom. The van der Waals surface area contributed by atoms with Crippen LogP contribution in [-0.2, 0) is 4.79 Å². The lowest BCUT2D eigenvalue weighted by Crippen LogP contribution is -2.50. The van der Waals surface area contributed by atoms with Crippen LogP contribution in [-0.4, -0.2) is 49.8 Å². The molecule has 6 nitrogen and oxygen atoms in total. The van der Waals surface area contributed by atoms with Gasteiger partial charge in [0, 0.05) is 26.1 Å². The van der Waals surface area contributed by atoms with Gasteiger partial charge in [0.2, 0.25) is 5.91 Å². The summed E-state index contributed by atoms with van der Waals surface area (Å²) < 4.78 is 41.0. The van der Waals surface area contributed by atoms with Crippen LogP contribution in [0.2, 0.25) is 0 Å². The summed E-state index contributed by atoms with van der Waals surface area (Å²) in [6.45, 7) is 0.448. The number of carbonyl (C=O) groups is 2. The number of benzene rings is 1. The first-order chi connectivity index (χ1) is 11.5. The number of urea groups is 1. The summed E-state index contributed by atoms with van der Waals surface area (Å²) in [4.78, 5) is 24.9. The Morgan fingerprint density at radius 3 is 2.54 bits per heavy atom. The van der Waals surface area contributed by atoms with E-state index < -0.39 is 47.5 Å². The number of hydrogen-bond donors (Lipinski definition) is 3. The van der Waals surface area contributed by atoms with Crippen molar-refractivity contribution >= 4 is 17.6 Å². The highest BCUT2D eigenvalue weighted by Crippen LogP contribution is 2.27. The molecule has 0 spiro atoms. The largest absolute Gasteiger partial charge is 0.333 e. The van der Waals surface area contributed by atoms with Crippen molar-refractivity contribution in [2.45, 2.75) is 24.7 Å². The minimum Gasteiger partial charge on any atom is -0.333 e. The second-order valence-corrected chi connectivity index (χ2v) is 5.87. The number of amides is 3. The fourth-order valence-corrected chi connectivity index (χ4v) is 2.95. The van der Waals surface area contributed by atoms with Crippen molar-refractivity contribution in [3.8, 4) is 0 Å². The molecule has 3 rings (SSSR count). The third kappa shape index (κ3) is 3.30. The quantitative estimate of drug-likeness (QED) is 0.756. The minimum absolute atomic E-state index is 0.0495. The fraction of sp³-hybridized carbons (Fsp3) is 0.467. The van der Waals surface area contributed by atoms with Crippen LogP contribution in [0.1, 0.15) is 6.42 Å². The lowest BCUT2D eigenvalue weighted by atomic mass is 10.2. The van der Waals surface area contributed by atoms with Gasteiger partial charge < -0.3 is 20.9 Å². The number of anilines is 1. The predicted molar refractivity (Wildman–Crippen MR) is 80.3 cm³/mol. The zero-order chi connectivity index (χ0) is 17.3. The van der Waals surface area contributed by atoms with Crippen LogP contribution in [0.3, 0.4) is 0 Å². The second kappa shape index (κ2) is 6.68. The highest BCUT2D eigenvalue weighted by atomic mass is 19.1. The predicted octanol–water partition coefficient (Wildman–Crippen LogP) is 0.679. The van der Waals surface area contributed by atoms with Gasteiger partial charge in [0.1, 0.15) is 23.5 Å². The van der Waals surface area contributed by atoms with Crippen molar-refractivity contribution in [1.29, 1.82) is 0 Å². The fourth-order valence-electron chi connectivity index (χ4n) is 2.95. The summed E-state index contributed by atoms with van der Waals surface area (Å²) in [5.41, 5.74) is -0.420. The Hall–Kier alpha value is -2.29. The maximum atomic E-state index is 13.8. The number of nitrogens with one attached hydrogen (secondary N) is 3. The zero-order valence-electron chi connectivity index (χ0n) is 12.7. The van der Waals surface area contributed by atoms with Crippen LogP contribution in [0.25, 0.3) is 0 Å². The SMILES string of the molecule is O=C(NC1CC(=O)N(c2c(F)cccc2F)C1)N[C@H]1CNC[C@H]1F. The molecule has 0 bridgehead atoms. The zero-order valence-corrected chi connectivity index (χ0v) is 12.7. The molecule has 24 heavy (non-hydrogen) atoms. The average Bonchev–Trinajstić information content (AvgIpc) is 3.06. The summed E-state index contributed by atoms with van der Waals surface area (Å²) >= 11 is 0. The van der Waals surface area contributed by atoms with Crippen LogP contribution < -0.4 is 20.9 Å². The minimum atomic E-state index is -1.18. The van der Waals surface area contributed by atoms with Crippen molar-refractivity contribution in [3.05, 3.63) is 29.8 Å². The monoisotopic (exact) mass is 342 g/mol. The molecular formula is C15H17F3N4O2. The van der Waals surface area contributed by atoms with Crippen molar-refractivity contribution in [2.75, 3.05) is 24.5 Å². The van der Waals surface area contributed by atoms with Gasteiger partial charge in [-0.25, -0.2) is 18.0 Å². The van der Waals surface area contributed by atoms with E-state index in [1.54, 1.807) is 0 Å². The van der Waals surface area contributed by atoms with Crippen LogP contribution >= 0.6 is 0 Å². The number of nitrogens with zero attached hydrogens (tertiary/aromatic N) is 1. The lowest BCUT2D eigenvalue weighted by Gasteiger charge is -2.19. The molecular weight excluding hydrogens is 325 g/mol. The van der Waals surface area contributed by atoms with Crippen molar-refractivity contribution in [3.63, 3.8) is 0 Å². The molecule has 2 heterocycles. The Bertz CT molecular complexity index is 637. The third-order valence-electron chi connectivity index (χ3n) is 4.12. The molecule has 1 aromatic rings. The smallest absolute Gasteiger partial charge is 0.315 e. The molecule has 2 aliphatic rings. The van der Waals surface area contributed by atoms with E-state index >= 15 is 0 Å². The molecule has 3 amide bonds. The van der Waals surface area contributed by atoms with Gasteiger partial charge in [-0.3, -0.25) is 4.79 Å². The average molecular weight is 342 g/mol. The van der Waals surface area contributed by atoms with Crippen molar-refractivity contribution in [1.82, 2.24) is 16.0 Å². The molecule has 2 aliphatic heterocycles. The molecule has 0 radical (unpaired) electrons. The first-order valence-electron chi connectivity index (χ1n) is 7.62. The highest BCUT2D eigenvalue weighted by Gasteiger charge is 2.35. The van der Waals surface area contributed by atoms with E-state index in [1.807, 2.05) is 0 Å². The summed E-state index contributed by atoms with van der Waals surface area (Å²) in [6, 6.07) is 1.48. The number of para-hydroxylation sites is 1. The Labute approximate surface area is 136 Å². The van der Waals surface area contributed by atoms with Gasteiger partial charge in [0.15, 0.2) is 0 Å². The number of hydrogen-bond acceptors (Lipinski definition) is 3. The molecule has 0 aliphatic carbocycles. The molecule has 1 unspecified atom stereocenters. The summed E-state index contributed by atoms with van der Waals surface area (Å²) in [5, 5.41) is 7.83. The van der Waals surface area contributed by atoms with E-state index in [0.29, 0.717) is 6.54 Å². The van der Waals surface area contributed by atoms with Gasteiger partial charge in [-0.1, -0.05) is 6.07 Å². The van der Waals surface area contributed by atoms with Gasteiger partial charge in [-0.05, 0) is 12.1 Å². The summed E-state index contributed by atoms with van der Waals surface area (Å²) in [5.74, 6) is -2.17. The molecule has 130 valence electrons. The number of rotatable bonds is 3. The van der Waals surface area contributed by atoms with E-state index in [1.165, 1.54) is 6.07 Å². The summed E-state index contributed by atoms with van der Waals surface area (Å²) in [7, 11) is 0. The van der Waals surface area contributed by atoms with Gasteiger partial charge in [-0.2, -0.15) is 0 Å². The lowest BCUT2D eigenvalue weighted by molar-refractivity contribution is -0.117. The van der Waals surface area contributed by atoms with E-state index in [4.69, 9.17) is 0 Å². The molecule has 3 N–H and O–H groups in total. The van der Waals surface area contributed by atoms with Crippen LogP contribution in [0.15, 0.2) is 18.2 Å². The standard InChI is InChI=1S/C15H17F3N4O2/c16-9-2-1-3-10(17)14(9)22-7-8(4-13(22)23)20-15(24)21-12-6-19-5-11(12)18/h1-3,8,11-12,19H,4-7H2,(H2,20,21,24)/t8?,11-,12+/m1/s1. The summed E-state index contributed by atoms with van der Waals surface area (Å²) in [6.07, 6.45) is -1.26. The van der Waals surface area contributed by atoms with Crippen molar-refractivity contribution < 1.29 is 22.8 Å². The van der Waals surface area contributed by atoms with Gasteiger partial charge >= 0.3 is 6.03 Å². The van der Waals surface area contributed by atoms with E-state index in [9.17, 15) is 22.8 Å². The first kappa shape index (κ1) is 16.6. The maximum absolute atomic E-state index is 13.8. The van der Waals surface area contributed by atoms with E-state index in [0.717, 1.165) is 17.0 Å². The van der Waals surface area contributed by atoms with Gasteiger partial charge in [-0.15, -0.1) is 0 Å². The Kier molecular flexibility index (Phi) is 4.61. The normalized spacial score (nSPS) is 26.7. The third-order valence-corrected chi connectivity index (χ3v) is 4.12. The first-order valence-corrected chi connectivity index (χ1v) is 7.62. The molecule has 3 atom stereocenters. The Balaban J connectivity index is 1.61. The second-order valence-electron chi connectivity index (χ2n) is 5.87. The molecule has 0 aromatic heterocycles. The number of alkyl halides is 1. The van der Waals surface area contributed by atoms with Gasteiger partial charge in [0.25, 0.3) is 0 Å². The van der Waals surface area contributed by atoms with Crippen LogP contribution in [0, 0.1) is 11.6 Å². The molecule has 1 aromatic carbocycles.